The molecular weight excluding hydrogens is 628 g/mol. The van der Waals surface area contributed by atoms with Crippen molar-refractivity contribution in [3.05, 3.63) is 0 Å². The first-order chi connectivity index (χ1) is 23.0. The third-order valence-corrected chi connectivity index (χ3v) is 12.8. The Kier molecular flexibility index (Phi) is 8.82. The van der Waals surface area contributed by atoms with Crippen molar-refractivity contribution in [1.82, 2.24) is 20.0 Å². The molecule has 2 saturated carbocycles. The molecule has 4 amide bonds. The second kappa shape index (κ2) is 12.4. The highest BCUT2D eigenvalue weighted by molar-refractivity contribution is 5.91. The summed E-state index contributed by atoms with van der Waals surface area (Å²) in [6.45, 7) is 16.6. The molecule has 49 heavy (non-hydrogen) atoms. The van der Waals surface area contributed by atoms with Gasteiger partial charge in [0.25, 0.3) is 0 Å². The largest absolute Gasteiger partial charge is 0.444 e. The number of piperidine rings is 1. The summed E-state index contributed by atoms with van der Waals surface area (Å²) in [5.41, 5.74) is -1.36. The quantitative estimate of drug-likeness (QED) is 0.413. The Hall–Kier alpha value is -2.44. The van der Waals surface area contributed by atoms with Crippen molar-refractivity contribution in [2.45, 2.75) is 110 Å². The minimum absolute atomic E-state index is 0.000144. The molecule has 0 aromatic heterocycles. The molecule has 0 unspecified atom stereocenters. The Bertz CT molecular complexity index is 1310. The van der Waals surface area contributed by atoms with Gasteiger partial charge in [-0.25, -0.2) is 4.79 Å². The van der Waals surface area contributed by atoms with E-state index in [9.17, 15) is 19.2 Å². The van der Waals surface area contributed by atoms with Crippen molar-refractivity contribution in [3.63, 3.8) is 0 Å². The van der Waals surface area contributed by atoms with Gasteiger partial charge >= 0.3 is 6.09 Å². The molecule has 1 N–H and O–H groups in total. The maximum absolute atomic E-state index is 14.5. The zero-order valence-electron chi connectivity index (χ0n) is 30.5. The predicted octanol–water partition coefficient (Wildman–Crippen LogP) is 3.22. The van der Waals surface area contributed by atoms with Crippen LogP contribution < -0.4 is 5.32 Å². The van der Waals surface area contributed by atoms with Gasteiger partial charge in [-0.05, 0) is 78.1 Å². The molecule has 2 aliphatic carbocycles. The molecule has 8 rings (SSSR count). The molecule has 12 heteroatoms. The lowest BCUT2D eigenvalue weighted by molar-refractivity contribution is -0.169. The van der Waals surface area contributed by atoms with Gasteiger partial charge in [-0.2, -0.15) is 0 Å². The molecule has 6 heterocycles. The van der Waals surface area contributed by atoms with Crippen molar-refractivity contribution in [3.8, 4) is 0 Å². The van der Waals surface area contributed by atoms with Crippen LogP contribution in [-0.2, 0) is 33.3 Å². The third kappa shape index (κ3) is 6.82. The van der Waals surface area contributed by atoms with Crippen LogP contribution in [0.3, 0.4) is 0 Å². The maximum atomic E-state index is 14.5. The normalized spacial score (nSPS) is 33.4. The van der Waals surface area contributed by atoms with Gasteiger partial charge in [0.1, 0.15) is 11.6 Å². The van der Waals surface area contributed by atoms with Crippen LogP contribution in [0.2, 0.25) is 0 Å². The molecule has 8 aliphatic rings. The highest BCUT2D eigenvalue weighted by Crippen LogP contribution is 2.55. The van der Waals surface area contributed by atoms with Crippen molar-refractivity contribution in [2.24, 2.45) is 33.5 Å². The van der Waals surface area contributed by atoms with Gasteiger partial charge in [0.05, 0.1) is 44.6 Å². The lowest BCUT2D eigenvalue weighted by Gasteiger charge is -2.51. The number of likely N-dealkylation sites (tertiary alicyclic amines) is 3. The number of carbonyl (C=O) groups is 4. The Morgan fingerprint density at radius 3 is 2.16 bits per heavy atom. The van der Waals surface area contributed by atoms with Gasteiger partial charge in [0, 0.05) is 61.4 Å². The minimum Gasteiger partial charge on any atom is -0.444 e. The molecular formula is C37H58N4O8. The molecule has 2 spiro atoms. The average Bonchev–Trinajstić information content (AvgIpc) is 3.48. The van der Waals surface area contributed by atoms with E-state index in [-0.39, 0.29) is 46.4 Å². The van der Waals surface area contributed by atoms with E-state index >= 15 is 0 Å². The van der Waals surface area contributed by atoms with Crippen LogP contribution in [0.5, 0.6) is 0 Å². The van der Waals surface area contributed by atoms with Crippen LogP contribution >= 0.6 is 0 Å². The summed E-state index contributed by atoms with van der Waals surface area (Å²) in [4.78, 5) is 60.9. The van der Waals surface area contributed by atoms with Crippen molar-refractivity contribution in [1.29, 1.82) is 0 Å². The standard InChI is InChI=1S/C37H58N4O8/c1-24(47-22-35-11-8-25(9-12-35)48-23-35)28(31(44)39-13-7-10-36(16-39)20-46-21-36)38-29(42)27-15-40(32(45)49-33(2,3)4)17-37(27)18-41(19-37)30(43)26-14-34(26,5)6/h24-28H,7-23H2,1-6H3,(H,38,42)/t24-,25?,26-,27+,28+,35?/m1/s1. The lowest BCUT2D eigenvalue weighted by Crippen LogP contribution is -2.66. The molecule has 0 radical (unpaired) electrons. The van der Waals surface area contributed by atoms with Crippen LogP contribution in [0.4, 0.5) is 4.79 Å². The topological polar surface area (TPSA) is 127 Å². The van der Waals surface area contributed by atoms with Gasteiger partial charge < -0.3 is 39.0 Å². The molecule has 4 atom stereocenters. The summed E-state index contributed by atoms with van der Waals surface area (Å²) in [6, 6.07) is -0.890. The molecule has 0 aromatic rings. The Balaban J connectivity index is 1.09. The van der Waals surface area contributed by atoms with E-state index in [0.717, 1.165) is 44.9 Å². The summed E-state index contributed by atoms with van der Waals surface area (Å²) in [5, 5.41) is 3.17. The van der Waals surface area contributed by atoms with E-state index in [2.05, 4.69) is 19.2 Å². The molecule has 12 nitrogen and oxygen atoms in total. The monoisotopic (exact) mass is 686 g/mol. The second-order valence-electron chi connectivity index (χ2n) is 18.6. The molecule has 2 bridgehead atoms. The molecule has 274 valence electrons. The number of hydrogen-bond acceptors (Lipinski definition) is 8. The smallest absolute Gasteiger partial charge is 0.410 e. The minimum atomic E-state index is -0.890. The Labute approximate surface area is 291 Å². The second-order valence-corrected chi connectivity index (χ2v) is 18.6. The molecule has 6 aliphatic heterocycles. The zero-order chi connectivity index (χ0) is 35.0. The number of fused-ring (bicyclic) bond motifs is 3. The number of hydrogen-bond donors (Lipinski definition) is 1. The highest BCUT2D eigenvalue weighted by atomic mass is 16.6. The SMILES string of the molecule is C[C@@H](OCC12CCC(CC1)OC2)[C@H](NC(=O)[C@@H]1CN(C(=O)OC(C)(C)C)CC12CN(C(=O)[C@H]1CC1(C)C)C2)C(=O)N1CCCC2(COC2)C1. The number of ether oxygens (including phenoxy) is 4. The first-order valence-electron chi connectivity index (χ1n) is 18.7. The summed E-state index contributed by atoms with van der Waals surface area (Å²) in [6.07, 6.45) is 6.25. The van der Waals surface area contributed by atoms with E-state index < -0.39 is 35.2 Å². The van der Waals surface area contributed by atoms with Crippen LogP contribution in [0, 0.1) is 33.5 Å². The summed E-state index contributed by atoms with van der Waals surface area (Å²) < 4.78 is 23.9. The third-order valence-electron chi connectivity index (χ3n) is 12.8. The number of nitrogens with zero attached hydrogens (tertiary/aromatic N) is 3. The summed E-state index contributed by atoms with van der Waals surface area (Å²) >= 11 is 0. The Morgan fingerprint density at radius 1 is 0.918 bits per heavy atom. The summed E-state index contributed by atoms with van der Waals surface area (Å²) in [5.74, 6) is -0.896. The van der Waals surface area contributed by atoms with Crippen LogP contribution in [0.25, 0.3) is 0 Å². The maximum Gasteiger partial charge on any atom is 0.410 e. The van der Waals surface area contributed by atoms with Gasteiger partial charge in [-0.15, -0.1) is 0 Å². The Morgan fingerprint density at radius 2 is 1.59 bits per heavy atom. The van der Waals surface area contributed by atoms with Gasteiger partial charge in [0.15, 0.2) is 0 Å². The first-order valence-corrected chi connectivity index (χ1v) is 18.7. The fraction of sp³-hybridized carbons (Fsp3) is 0.892. The van der Waals surface area contributed by atoms with E-state index in [1.54, 1.807) is 4.90 Å². The van der Waals surface area contributed by atoms with Crippen molar-refractivity contribution >= 4 is 23.8 Å². The van der Waals surface area contributed by atoms with E-state index in [1.807, 2.05) is 37.5 Å². The van der Waals surface area contributed by atoms with E-state index in [0.29, 0.717) is 65.3 Å². The van der Waals surface area contributed by atoms with Crippen LogP contribution in [0.1, 0.15) is 86.5 Å². The molecule has 8 fully saturated rings. The number of nitrogens with one attached hydrogen (secondary N) is 1. The van der Waals surface area contributed by atoms with Crippen molar-refractivity contribution < 1.29 is 38.1 Å². The number of amides is 4. The number of carbonyl (C=O) groups excluding carboxylic acids is 4. The predicted molar refractivity (Wildman–Crippen MR) is 179 cm³/mol. The summed E-state index contributed by atoms with van der Waals surface area (Å²) in [7, 11) is 0. The van der Waals surface area contributed by atoms with E-state index in [1.165, 1.54) is 0 Å². The van der Waals surface area contributed by atoms with Gasteiger partial charge in [-0.3, -0.25) is 14.4 Å². The van der Waals surface area contributed by atoms with Crippen LogP contribution in [0.15, 0.2) is 0 Å². The highest BCUT2D eigenvalue weighted by Gasteiger charge is 2.62. The molecule has 6 saturated heterocycles. The average molecular weight is 687 g/mol. The first kappa shape index (κ1) is 35.0. The van der Waals surface area contributed by atoms with Gasteiger partial charge in [-0.1, -0.05) is 13.8 Å². The molecule has 0 aromatic carbocycles. The van der Waals surface area contributed by atoms with Crippen molar-refractivity contribution in [2.75, 3.05) is 65.7 Å². The van der Waals surface area contributed by atoms with Crippen LogP contribution in [-0.4, -0.2) is 128 Å². The lowest BCUT2D eigenvalue weighted by atomic mass is 9.70. The van der Waals surface area contributed by atoms with E-state index in [4.69, 9.17) is 18.9 Å². The fourth-order valence-corrected chi connectivity index (χ4v) is 9.35. The zero-order valence-corrected chi connectivity index (χ0v) is 30.5. The number of rotatable bonds is 8. The van der Waals surface area contributed by atoms with Gasteiger partial charge in [0.2, 0.25) is 17.7 Å². The fourth-order valence-electron chi connectivity index (χ4n) is 9.35.